The van der Waals surface area contributed by atoms with Gasteiger partial charge in [-0.1, -0.05) is 0 Å². The van der Waals surface area contributed by atoms with E-state index < -0.39 is 0 Å². The highest BCUT2D eigenvalue weighted by Gasteiger charge is 2.37. The first-order chi connectivity index (χ1) is 13.2. The van der Waals surface area contributed by atoms with E-state index in [1.807, 2.05) is 23.1 Å². The smallest absolute Gasteiger partial charge is 0.256 e. The second-order valence-electron chi connectivity index (χ2n) is 8.36. The number of benzene rings is 1. The van der Waals surface area contributed by atoms with Crippen molar-refractivity contribution in [1.29, 1.82) is 0 Å². The number of likely N-dealkylation sites (tertiary alicyclic amines) is 1. The molecule has 0 spiro atoms. The maximum absolute atomic E-state index is 13.3. The lowest BCUT2D eigenvalue weighted by Crippen LogP contribution is -2.46. The molecule has 1 saturated carbocycles. The minimum Gasteiger partial charge on any atom is -0.371 e. The van der Waals surface area contributed by atoms with Crippen molar-refractivity contribution >= 4 is 23.2 Å². The van der Waals surface area contributed by atoms with E-state index in [1.54, 1.807) is 0 Å². The van der Waals surface area contributed by atoms with Gasteiger partial charge in [0.15, 0.2) is 0 Å². The van der Waals surface area contributed by atoms with E-state index in [2.05, 4.69) is 10.2 Å². The summed E-state index contributed by atoms with van der Waals surface area (Å²) in [5.74, 6) is 0.369. The van der Waals surface area contributed by atoms with E-state index in [0.717, 1.165) is 68.6 Å². The van der Waals surface area contributed by atoms with Gasteiger partial charge in [0.2, 0.25) is 5.91 Å². The number of carbonyl (C=O) groups excluding carboxylic acids is 2. The lowest BCUT2D eigenvalue weighted by atomic mass is 10.1. The summed E-state index contributed by atoms with van der Waals surface area (Å²) in [6.45, 7) is 3.31. The van der Waals surface area contributed by atoms with Gasteiger partial charge in [0.05, 0.1) is 23.5 Å². The molecule has 3 heterocycles. The first-order valence-corrected chi connectivity index (χ1v) is 10.3. The molecule has 4 aliphatic rings. The summed E-state index contributed by atoms with van der Waals surface area (Å²) in [5.41, 5.74) is 2.51. The van der Waals surface area contributed by atoms with E-state index in [4.69, 9.17) is 4.74 Å². The Balaban J connectivity index is 1.41. The lowest BCUT2D eigenvalue weighted by Gasteiger charge is -2.33. The van der Waals surface area contributed by atoms with Gasteiger partial charge in [-0.2, -0.15) is 0 Å². The highest BCUT2D eigenvalue weighted by atomic mass is 16.5. The van der Waals surface area contributed by atoms with Gasteiger partial charge in [0.25, 0.3) is 5.91 Å². The molecule has 0 radical (unpaired) electrons. The predicted octanol–water partition coefficient (Wildman–Crippen LogP) is 2.64. The van der Waals surface area contributed by atoms with Crippen LogP contribution in [0, 0.1) is 5.92 Å². The number of rotatable bonds is 4. The Morgan fingerprint density at radius 2 is 1.70 bits per heavy atom. The molecule has 1 aromatic rings. The molecule has 1 aliphatic carbocycles. The second-order valence-corrected chi connectivity index (χ2v) is 8.36. The molecule has 2 amide bonds. The number of anilines is 2. The van der Waals surface area contributed by atoms with Crippen molar-refractivity contribution in [3.8, 4) is 0 Å². The molecule has 6 heteroatoms. The SMILES string of the molecule is O=C(Nc1ccc(C(=O)N2CC3CCC(C2)O3)c(N2CCCC2)c1)C1CC1. The molecule has 4 fully saturated rings. The second kappa shape index (κ2) is 6.82. The quantitative estimate of drug-likeness (QED) is 0.886. The van der Waals surface area contributed by atoms with E-state index >= 15 is 0 Å². The van der Waals surface area contributed by atoms with Crippen LogP contribution in [0.15, 0.2) is 18.2 Å². The van der Waals surface area contributed by atoms with Crippen molar-refractivity contribution in [3.63, 3.8) is 0 Å². The molecule has 2 bridgehead atoms. The Morgan fingerprint density at radius 1 is 1.00 bits per heavy atom. The summed E-state index contributed by atoms with van der Waals surface area (Å²) >= 11 is 0. The van der Waals surface area contributed by atoms with E-state index in [1.165, 1.54) is 0 Å². The molecule has 5 rings (SSSR count). The van der Waals surface area contributed by atoms with E-state index in [9.17, 15) is 9.59 Å². The number of nitrogens with one attached hydrogen (secondary N) is 1. The van der Waals surface area contributed by atoms with Crippen molar-refractivity contribution in [3.05, 3.63) is 23.8 Å². The van der Waals surface area contributed by atoms with Crippen LogP contribution in [0.2, 0.25) is 0 Å². The zero-order valence-electron chi connectivity index (χ0n) is 15.7. The van der Waals surface area contributed by atoms with Crippen LogP contribution in [0.25, 0.3) is 0 Å². The zero-order chi connectivity index (χ0) is 18.4. The highest BCUT2D eigenvalue weighted by Crippen LogP contribution is 2.34. The Labute approximate surface area is 159 Å². The first-order valence-electron chi connectivity index (χ1n) is 10.3. The molecule has 144 valence electrons. The fourth-order valence-corrected chi connectivity index (χ4v) is 4.55. The van der Waals surface area contributed by atoms with Gasteiger partial charge in [-0.25, -0.2) is 0 Å². The third-order valence-electron chi connectivity index (χ3n) is 6.22. The van der Waals surface area contributed by atoms with E-state index in [-0.39, 0.29) is 29.9 Å². The Morgan fingerprint density at radius 3 is 2.37 bits per heavy atom. The average molecular weight is 369 g/mol. The molecule has 3 aliphatic heterocycles. The summed E-state index contributed by atoms with van der Waals surface area (Å²) < 4.78 is 5.88. The number of hydrogen-bond acceptors (Lipinski definition) is 4. The summed E-state index contributed by atoms with van der Waals surface area (Å²) in [5, 5.41) is 3.03. The molecule has 3 saturated heterocycles. The molecule has 1 N–H and O–H groups in total. The van der Waals surface area contributed by atoms with Crippen LogP contribution in [0.1, 0.15) is 48.9 Å². The maximum atomic E-state index is 13.3. The molecular weight excluding hydrogens is 342 g/mol. The minimum absolute atomic E-state index is 0.0946. The van der Waals surface area contributed by atoms with Crippen LogP contribution in [-0.4, -0.2) is 55.1 Å². The van der Waals surface area contributed by atoms with Gasteiger partial charge in [-0.05, 0) is 56.7 Å². The fraction of sp³-hybridized carbons (Fsp3) is 0.619. The van der Waals surface area contributed by atoms with Crippen LogP contribution >= 0.6 is 0 Å². The number of fused-ring (bicyclic) bond motifs is 2. The number of carbonyl (C=O) groups is 2. The molecule has 27 heavy (non-hydrogen) atoms. The molecule has 1 aromatic carbocycles. The normalized spacial score (nSPS) is 27.1. The highest BCUT2D eigenvalue weighted by molar-refractivity contribution is 6.02. The van der Waals surface area contributed by atoms with Crippen LogP contribution in [0.3, 0.4) is 0 Å². The number of ether oxygens (including phenoxy) is 1. The van der Waals surface area contributed by atoms with Gasteiger partial charge in [-0.3, -0.25) is 9.59 Å². The minimum atomic E-state index is 0.0946. The summed E-state index contributed by atoms with van der Waals surface area (Å²) in [6.07, 6.45) is 6.77. The third kappa shape index (κ3) is 3.43. The van der Waals surface area contributed by atoms with Gasteiger partial charge in [0.1, 0.15) is 0 Å². The Kier molecular flexibility index (Phi) is 4.31. The number of nitrogens with zero attached hydrogens (tertiary/aromatic N) is 2. The number of hydrogen-bond donors (Lipinski definition) is 1. The van der Waals surface area contributed by atoms with Crippen LogP contribution < -0.4 is 10.2 Å². The summed E-state index contributed by atoms with van der Waals surface area (Å²) in [7, 11) is 0. The third-order valence-corrected chi connectivity index (χ3v) is 6.22. The zero-order valence-corrected chi connectivity index (χ0v) is 15.7. The van der Waals surface area contributed by atoms with Crippen LogP contribution in [0.4, 0.5) is 11.4 Å². The molecule has 2 unspecified atom stereocenters. The van der Waals surface area contributed by atoms with Gasteiger partial charge >= 0.3 is 0 Å². The molecule has 2 atom stereocenters. The van der Waals surface area contributed by atoms with E-state index in [0.29, 0.717) is 13.1 Å². The Bertz CT molecular complexity index is 743. The standard InChI is InChI=1S/C21H27N3O3/c25-20(14-3-4-14)22-15-5-8-18(19(11-15)23-9-1-2-10-23)21(26)24-12-16-6-7-17(13-24)27-16/h5,8,11,14,16-17H,1-4,6-7,9-10,12-13H2,(H,22,25). The molecule has 6 nitrogen and oxygen atoms in total. The number of amides is 2. The van der Waals surface area contributed by atoms with Gasteiger partial charge in [-0.15, -0.1) is 0 Å². The van der Waals surface area contributed by atoms with Crippen LogP contribution in [-0.2, 0) is 9.53 Å². The van der Waals surface area contributed by atoms with Crippen molar-refractivity contribution in [2.24, 2.45) is 5.92 Å². The summed E-state index contributed by atoms with van der Waals surface area (Å²) in [4.78, 5) is 29.7. The van der Waals surface area contributed by atoms with Crippen molar-refractivity contribution in [2.75, 3.05) is 36.4 Å². The monoisotopic (exact) mass is 369 g/mol. The van der Waals surface area contributed by atoms with Crippen molar-refractivity contribution in [1.82, 2.24) is 4.90 Å². The number of morpholine rings is 1. The van der Waals surface area contributed by atoms with Crippen molar-refractivity contribution < 1.29 is 14.3 Å². The topological polar surface area (TPSA) is 61.9 Å². The van der Waals surface area contributed by atoms with Crippen LogP contribution in [0.5, 0.6) is 0 Å². The molecular formula is C21H27N3O3. The van der Waals surface area contributed by atoms with Gasteiger partial charge in [0, 0.05) is 37.8 Å². The predicted molar refractivity (Wildman–Crippen MR) is 103 cm³/mol. The maximum Gasteiger partial charge on any atom is 0.256 e. The Hall–Kier alpha value is -2.08. The fourth-order valence-electron chi connectivity index (χ4n) is 4.55. The lowest BCUT2D eigenvalue weighted by molar-refractivity contribution is -0.117. The van der Waals surface area contributed by atoms with Gasteiger partial charge < -0.3 is 19.9 Å². The first kappa shape index (κ1) is 17.0. The largest absolute Gasteiger partial charge is 0.371 e. The average Bonchev–Trinajstić information content (AvgIpc) is 3.29. The van der Waals surface area contributed by atoms with Crippen molar-refractivity contribution in [2.45, 2.75) is 50.7 Å². The summed E-state index contributed by atoms with van der Waals surface area (Å²) in [6, 6.07) is 5.77. The molecule has 0 aromatic heterocycles.